The van der Waals surface area contributed by atoms with E-state index in [4.69, 9.17) is 27.6 Å². The van der Waals surface area contributed by atoms with Crippen molar-refractivity contribution in [2.24, 2.45) is 0 Å². The Labute approximate surface area is 186 Å². The van der Waals surface area contributed by atoms with Crippen LogP contribution in [0.2, 0.25) is 10.0 Å². The highest BCUT2D eigenvalue weighted by molar-refractivity contribution is 7.99. The number of hydrogen-bond acceptors (Lipinski definition) is 5. The first-order valence-corrected chi connectivity index (χ1v) is 10.7. The van der Waals surface area contributed by atoms with Crippen LogP contribution in [-0.2, 0) is 11.3 Å². The average Bonchev–Trinajstić information content (AvgIpc) is 3.34. The van der Waals surface area contributed by atoms with Crippen molar-refractivity contribution in [3.8, 4) is 11.6 Å². The minimum atomic E-state index is -0.234. The normalized spacial score (nSPS) is 11.0. The molecule has 6 nitrogen and oxygen atoms in total. The number of benzene rings is 2. The molecule has 0 spiro atoms. The van der Waals surface area contributed by atoms with Crippen LogP contribution in [0.1, 0.15) is 0 Å². The van der Waals surface area contributed by atoms with Crippen molar-refractivity contribution in [3.63, 3.8) is 0 Å². The molecule has 30 heavy (non-hydrogen) atoms. The molecule has 9 heteroatoms. The van der Waals surface area contributed by atoms with Crippen LogP contribution in [0.4, 0.5) is 5.69 Å². The summed E-state index contributed by atoms with van der Waals surface area (Å²) in [6.07, 6.45) is 1.74. The molecule has 2 aromatic carbocycles. The highest BCUT2D eigenvalue weighted by Gasteiger charge is 2.18. The number of amides is 1. The number of fused-ring (bicyclic) bond motifs is 1. The number of carbonyl (C=O) groups excluding carboxylic acids is 1. The average molecular weight is 459 g/mol. The monoisotopic (exact) mass is 458 g/mol. The van der Waals surface area contributed by atoms with Crippen LogP contribution in [0.3, 0.4) is 0 Å². The van der Waals surface area contributed by atoms with Crippen LogP contribution >= 0.6 is 35.0 Å². The number of anilines is 1. The maximum absolute atomic E-state index is 12.4. The molecule has 0 atom stereocenters. The number of thioether (sulfide) groups is 1. The first-order valence-electron chi connectivity index (χ1n) is 8.96. The number of hydrogen-bond donors (Lipinski definition) is 1. The molecule has 4 rings (SSSR count). The van der Waals surface area contributed by atoms with Crippen molar-refractivity contribution in [1.82, 2.24) is 14.8 Å². The summed E-state index contributed by atoms with van der Waals surface area (Å²) in [7, 11) is 0. The first kappa shape index (κ1) is 20.5. The van der Waals surface area contributed by atoms with Crippen molar-refractivity contribution in [2.45, 2.75) is 11.7 Å². The molecule has 0 saturated carbocycles. The molecule has 1 N–H and O–H groups in total. The molecule has 152 valence electrons. The number of rotatable bonds is 7. The molecule has 0 saturated heterocycles. The predicted octanol–water partition coefficient (Wildman–Crippen LogP) is 5.91. The van der Waals surface area contributed by atoms with Gasteiger partial charge in [0.25, 0.3) is 0 Å². The van der Waals surface area contributed by atoms with Gasteiger partial charge in [-0.2, -0.15) is 0 Å². The molecule has 0 aliphatic rings. The van der Waals surface area contributed by atoms with Crippen LogP contribution < -0.4 is 5.32 Å². The number of aromatic nitrogens is 3. The molecule has 0 fully saturated rings. The standard InChI is InChI=1S/C21H16Cl2N4O2S/c1-2-10-27-20(17-11-13-6-3-4-9-16(13)29-17)25-26-21(27)30-12-18(28)24-15-8-5-7-14(22)19(15)23/h2-9,11H,1,10,12H2,(H,24,28). The van der Waals surface area contributed by atoms with Gasteiger partial charge in [-0.05, 0) is 24.3 Å². The molecule has 2 aromatic heterocycles. The number of carbonyl (C=O) groups is 1. The second-order valence-electron chi connectivity index (χ2n) is 6.29. The van der Waals surface area contributed by atoms with E-state index >= 15 is 0 Å². The summed E-state index contributed by atoms with van der Waals surface area (Å²) >= 11 is 13.4. The predicted molar refractivity (Wildman–Crippen MR) is 121 cm³/mol. The van der Waals surface area contributed by atoms with E-state index < -0.39 is 0 Å². The minimum absolute atomic E-state index is 0.123. The maximum Gasteiger partial charge on any atom is 0.234 e. The second-order valence-corrected chi connectivity index (χ2v) is 8.02. The third-order valence-corrected chi connectivity index (χ3v) is 6.02. The Balaban J connectivity index is 1.52. The van der Waals surface area contributed by atoms with Crippen LogP contribution in [0.15, 0.2) is 70.8 Å². The smallest absolute Gasteiger partial charge is 0.234 e. The van der Waals surface area contributed by atoms with E-state index in [-0.39, 0.29) is 11.7 Å². The highest BCUT2D eigenvalue weighted by Crippen LogP contribution is 2.31. The van der Waals surface area contributed by atoms with E-state index in [0.717, 1.165) is 11.0 Å². The summed E-state index contributed by atoms with van der Waals surface area (Å²) in [6, 6.07) is 14.7. The van der Waals surface area contributed by atoms with Crippen molar-refractivity contribution >= 4 is 57.5 Å². The number of para-hydroxylation sites is 1. The fourth-order valence-corrected chi connectivity index (χ4v) is 3.98. The second kappa shape index (κ2) is 8.95. The van der Waals surface area contributed by atoms with E-state index in [0.29, 0.717) is 39.0 Å². The fraction of sp³-hybridized carbons (Fsp3) is 0.0952. The number of nitrogens with zero attached hydrogens (tertiary/aromatic N) is 3. The molecule has 0 bridgehead atoms. The van der Waals surface area contributed by atoms with E-state index in [1.165, 1.54) is 11.8 Å². The zero-order chi connectivity index (χ0) is 21.1. The molecular weight excluding hydrogens is 443 g/mol. The van der Waals surface area contributed by atoms with Gasteiger partial charge in [-0.15, -0.1) is 16.8 Å². The van der Waals surface area contributed by atoms with E-state index in [1.807, 2.05) is 34.9 Å². The Kier molecular flexibility index (Phi) is 6.13. The van der Waals surface area contributed by atoms with Crippen molar-refractivity contribution in [3.05, 3.63) is 71.2 Å². The van der Waals surface area contributed by atoms with Crippen molar-refractivity contribution < 1.29 is 9.21 Å². The van der Waals surface area contributed by atoms with E-state index in [1.54, 1.807) is 24.3 Å². The van der Waals surface area contributed by atoms with Crippen molar-refractivity contribution in [1.29, 1.82) is 0 Å². The van der Waals surface area contributed by atoms with Crippen LogP contribution in [0.5, 0.6) is 0 Å². The lowest BCUT2D eigenvalue weighted by Gasteiger charge is -2.09. The van der Waals surface area contributed by atoms with Gasteiger partial charge >= 0.3 is 0 Å². The molecule has 2 heterocycles. The SMILES string of the molecule is C=CCn1c(SCC(=O)Nc2cccc(Cl)c2Cl)nnc1-c1cc2ccccc2o1. The number of halogens is 2. The summed E-state index contributed by atoms with van der Waals surface area (Å²) in [5.74, 6) is 1.07. The Morgan fingerprint density at radius 1 is 1.20 bits per heavy atom. The lowest BCUT2D eigenvalue weighted by Crippen LogP contribution is -2.15. The molecular formula is C21H16Cl2N4O2S. The number of furan rings is 1. The van der Waals surface area contributed by atoms with Crippen LogP contribution in [0, 0.1) is 0 Å². The summed E-state index contributed by atoms with van der Waals surface area (Å²) in [4.78, 5) is 12.4. The lowest BCUT2D eigenvalue weighted by molar-refractivity contribution is -0.113. The van der Waals surface area contributed by atoms with Gasteiger partial charge in [0.2, 0.25) is 11.7 Å². The van der Waals surface area contributed by atoms with Gasteiger partial charge in [0, 0.05) is 11.9 Å². The fourth-order valence-electron chi connectivity index (χ4n) is 2.88. The Bertz CT molecular complexity index is 1200. The highest BCUT2D eigenvalue weighted by atomic mass is 35.5. The lowest BCUT2D eigenvalue weighted by atomic mass is 10.2. The zero-order valence-electron chi connectivity index (χ0n) is 15.6. The van der Waals surface area contributed by atoms with E-state index in [9.17, 15) is 4.79 Å². The molecule has 0 aliphatic carbocycles. The number of nitrogens with one attached hydrogen (secondary N) is 1. The topological polar surface area (TPSA) is 73.0 Å². The van der Waals surface area contributed by atoms with Crippen LogP contribution in [-0.4, -0.2) is 26.4 Å². The zero-order valence-corrected chi connectivity index (χ0v) is 18.0. The minimum Gasteiger partial charge on any atom is -0.453 e. The number of allylic oxidation sites excluding steroid dienone is 1. The third-order valence-electron chi connectivity index (χ3n) is 4.23. The van der Waals surface area contributed by atoms with Gasteiger partial charge in [0.05, 0.1) is 21.5 Å². The summed E-state index contributed by atoms with van der Waals surface area (Å²) in [6.45, 7) is 4.28. The van der Waals surface area contributed by atoms with Gasteiger partial charge in [-0.1, -0.05) is 65.3 Å². The molecule has 1 amide bonds. The Hall–Kier alpha value is -2.74. The third kappa shape index (κ3) is 4.23. The first-order chi connectivity index (χ1) is 14.6. The summed E-state index contributed by atoms with van der Waals surface area (Å²) < 4.78 is 7.77. The molecule has 0 radical (unpaired) electrons. The van der Waals surface area contributed by atoms with Gasteiger partial charge in [0.15, 0.2) is 10.9 Å². The Morgan fingerprint density at radius 3 is 2.83 bits per heavy atom. The van der Waals surface area contributed by atoms with Gasteiger partial charge < -0.3 is 9.73 Å². The molecule has 0 unspecified atom stereocenters. The summed E-state index contributed by atoms with van der Waals surface area (Å²) in [5, 5.41) is 13.5. The van der Waals surface area contributed by atoms with Gasteiger partial charge in [-0.25, -0.2) is 0 Å². The van der Waals surface area contributed by atoms with Crippen LogP contribution in [0.25, 0.3) is 22.6 Å². The molecule has 4 aromatic rings. The van der Waals surface area contributed by atoms with E-state index in [2.05, 4.69) is 22.1 Å². The largest absolute Gasteiger partial charge is 0.453 e. The van der Waals surface area contributed by atoms with Gasteiger partial charge in [-0.3, -0.25) is 9.36 Å². The maximum atomic E-state index is 12.4. The quantitative estimate of drug-likeness (QED) is 0.275. The summed E-state index contributed by atoms with van der Waals surface area (Å²) in [5.41, 5.74) is 1.23. The van der Waals surface area contributed by atoms with Crippen molar-refractivity contribution in [2.75, 3.05) is 11.1 Å². The Morgan fingerprint density at radius 2 is 2.03 bits per heavy atom. The molecule has 0 aliphatic heterocycles. The van der Waals surface area contributed by atoms with Gasteiger partial charge in [0.1, 0.15) is 5.58 Å².